The number of hydrogen-bond donors (Lipinski definition) is 1. The van der Waals surface area contributed by atoms with Crippen LogP contribution >= 0.6 is 0 Å². The molecule has 1 aromatic rings. The number of ether oxygens (including phenoxy) is 2. The molecule has 0 bridgehead atoms. The van der Waals surface area contributed by atoms with Gasteiger partial charge < -0.3 is 14.8 Å². The Hall–Kier alpha value is -1.82. The van der Waals surface area contributed by atoms with Gasteiger partial charge in [-0.1, -0.05) is 6.92 Å². The molecule has 1 fully saturated rings. The topological polar surface area (TPSA) is 73.6 Å². The van der Waals surface area contributed by atoms with Gasteiger partial charge in [0.25, 0.3) is 0 Å². The minimum absolute atomic E-state index is 0.00247. The van der Waals surface area contributed by atoms with Crippen LogP contribution in [-0.4, -0.2) is 30.3 Å². The number of nitro benzene ring substituents is 1. The summed E-state index contributed by atoms with van der Waals surface area (Å²) in [6, 6.07) is 4.87. The molecule has 0 aliphatic carbocycles. The molecule has 1 aliphatic rings. The molecule has 6 heteroatoms. The summed E-state index contributed by atoms with van der Waals surface area (Å²) >= 11 is 0. The average molecular weight is 294 g/mol. The summed E-state index contributed by atoms with van der Waals surface area (Å²) in [5.41, 5.74) is 0.646. The molecule has 0 amide bonds. The standard InChI is InChI=1S/C15H22N2O4/c1-3-8-20-14-10-12(5-6-13(14)17(18)19)16-11-15(2)7-4-9-21-15/h5-6,10,16H,3-4,7-9,11H2,1-2H3. The summed E-state index contributed by atoms with van der Waals surface area (Å²) in [5.74, 6) is 0.310. The zero-order valence-electron chi connectivity index (χ0n) is 12.6. The van der Waals surface area contributed by atoms with Crippen LogP contribution in [0.15, 0.2) is 18.2 Å². The smallest absolute Gasteiger partial charge is 0.311 e. The third-order valence-electron chi connectivity index (χ3n) is 3.59. The lowest BCUT2D eigenvalue weighted by molar-refractivity contribution is -0.385. The molecule has 0 saturated carbocycles. The fraction of sp³-hybridized carbons (Fsp3) is 0.600. The molecule has 1 aromatic carbocycles. The third kappa shape index (κ3) is 4.07. The highest BCUT2D eigenvalue weighted by molar-refractivity contribution is 5.58. The van der Waals surface area contributed by atoms with Crippen LogP contribution in [0, 0.1) is 10.1 Å². The lowest BCUT2D eigenvalue weighted by Crippen LogP contribution is -2.32. The Morgan fingerprint density at radius 3 is 2.95 bits per heavy atom. The summed E-state index contributed by atoms with van der Waals surface area (Å²) in [6.45, 7) is 5.98. The second-order valence-corrected chi connectivity index (χ2v) is 5.54. The van der Waals surface area contributed by atoms with Crippen molar-refractivity contribution in [1.29, 1.82) is 0 Å². The maximum atomic E-state index is 11.0. The van der Waals surface area contributed by atoms with Crippen molar-refractivity contribution < 1.29 is 14.4 Å². The van der Waals surface area contributed by atoms with Crippen LogP contribution < -0.4 is 10.1 Å². The summed E-state index contributed by atoms with van der Waals surface area (Å²) in [4.78, 5) is 10.6. The highest BCUT2D eigenvalue weighted by Gasteiger charge is 2.29. The molecule has 1 saturated heterocycles. The van der Waals surface area contributed by atoms with Gasteiger partial charge in [0.1, 0.15) is 0 Å². The van der Waals surface area contributed by atoms with Crippen molar-refractivity contribution in [2.24, 2.45) is 0 Å². The third-order valence-corrected chi connectivity index (χ3v) is 3.59. The minimum atomic E-state index is -0.420. The predicted octanol–water partition coefficient (Wildman–Crippen LogP) is 3.36. The SMILES string of the molecule is CCCOc1cc(NCC2(C)CCCO2)ccc1[N+](=O)[O-]. The van der Waals surface area contributed by atoms with Gasteiger partial charge in [-0.05, 0) is 32.3 Å². The van der Waals surface area contributed by atoms with E-state index in [2.05, 4.69) is 12.2 Å². The van der Waals surface area contributed by atoms with Crippen molar-refractivity contribution in [3.63, 3.8) is 0 Å². The van der Waals surface area contributed by atoms with Crippen molar-refractivity contribution in [2.75, 3.05) is 25.1 Å². The molecule has 1 heterocycles. The normalized spacial score (nSPS) is 21.2. The fourth-order valence-corrected chi connectivity index (χ4v) is 2.37. The van der Waals surface area contributed by atoms with Gasteiger partial charge in [0.2, 0.25) is 0 Å². The van der Waals surface area contributed by atoms with Crippen molar-refractivity contribution >= 4 is 11.4 Å². The van der Waals surface area contributed by atoms with Crippen LogP contribution in [0.5, 0.6) is 5.75 Å². The Labute approximate surface area is 124 Å². The van der Waals surface area contributed by atoms with E-state index in [1.54, 1.807) is 12.1 Å². The Morgan fingerprint density at radius 2 is 2.33 bits per heavy atom. The monoisotopic (exact) mass is 294 g/mol. The first-order valence-electron chi connectivity index (χ1n) is 7.33. The van der Waals surface area contributed by atoms with Crippen LogP contribution in [-0.2, 0) is 4.74 Å². The van der Waals surface area contributed by atoms with Crippen LogP contribution in [0.3, 0.4) is 0 Å². The van der Waals surface area contributed by atoms with E-state index in [0.717, 1.165) is 31.6 Å². The van der Waals surface area contributed by atoms with Crippen molar-refractivity contribution in [3.8, 4) is 5.75 Å². The first-order chi connectivity index (χ1) is 10.0. The van der Waals surface area contributed by atoms with E-state index in [1.165, 1.54) is 6.07 Å². The first-order valence-corrected chi connectivity index (χ1v) is 7.33. The molecule has 6 nitrogen and oxygen atoms in total. The highest BCUT2D eigenvalue weighted by Crippen LogP contribution is 2.31. The average Bonchev–Trinajstić information content (AvgIpc) is 2.90. The summed E-state index contributed by atoms with van der Waals surface area (Å²) in [6.07, 6.45) is 2.90. The largest absolute Gasteiger partial charge is 0.487 e. The van der Waals surface area contributed by atoms with E-state index >= 15 is 0 Å². The van der Waals surface area contributed by atoms with Crippen molar-refractivity contribution in [3.05, 3.63) is 28.3 Å². The number of nitrogens with one attached hydrogen (secondary N) is 1. The zero-order valence-corrected chi connectivity index (χ0v) is 12.6. The van der Waals surface area contributed by atoms with Crippen LogP contribution in [0.2, 0.25) is 0 Å². The zero-order chi connectivity index (χ0) is 15.3. The summed E-state index contributed by atoms with van der Waals surface area (Å²) < 4.78 is 11.2. The predicted molar refractivity (Wildman–Crippen MR) is 81.0 cm³/mol. The minimum Gasteiger partial charge on any atom is -0.487 e. The van der Waals surface area contributed by atoms with E-state index < -0.39 is 4.92 Å². The van der Waals surface area contributed by atoms with E-state index in [-0.39, 0.29) is 11.3 Å². The van der Waals surface area contributed by atoms with E-state index in [9.17, 15) is 10.1 Å². The lowest BCUT2D eigenvalue weighted by Gasteiger charge is -2.24. The number of nitro groups is 1. The molecule has 1 aliphatic heterocycles. The van der Waals surface area contributed by atoms with Crippen molar-refractivity contribution in [1.82, 2.24) is 0 Å². The maximum absolute atomic E-state index is 11.0. The second kappa shape index (κ2) is 6.76. The molecule has 1 N–H and O–H groups in total. The Morgan fingerprint density at radius 1 is 1.52 bits per heavy atom. The Bertz CT molecular complexity index is 498. The number of benzene rings is 1. The van der Waals surface area contributed by atoms with Gasteiger partial charge in [0, 0.05) is 31.0 Å². The highest BCUT2D eigenvalue weighted by atomic mass is 16.6. The number of anilines is 1. The van der Waals surface area contributed by atoms with Gasteiger partial charge >= 0.3 is 5.69 Å². The van der Waals surface area contributed by atoms with E-state index in [4.69, 9.17) is 9.47 Å². The molecular formula is C15H22N2O4. The number of nitrogens with zero attached hydrogens (tertiary/aromatic N) is 1. The molecule has 0 aromatic heterocycles. The Kier molecular flexibility index (Phi) is 5.01. The van der Waals surface area contributed by atoms with Gasteiger partial charge in [-0.15, -0.1) is 0 Å². The lowest BCUT2D eigenvalue weighted by atomic mass is 10.0. The maximum Gasteiger partial charge on any atom is 0.311 e. The number of hydrogen-bond acceptors (Lipinski definition) is 5. The second-order valence-electron chi connectivity index (χ2n) is 5.54. The Balaban J connectivity index is 2.07. The molecule has 21 heavy (non-hydrogen) atoms. The molecule has 0 radical (unpaired) electrons. The molecule has 116 valence electrons. The van der Waals surface area contributed by atoms with Gasteiger partial charge in [-0.25, -0.2) is 0 Å². The molecular weight excluding hydrogens is 272 g/mol. The van der Waals surface area contributed by atoms with Gasteiger partial charge in [-0.2, -0.15) is 0 Å². The fourth-order valence-electron chi connectivity index (χ4n) is 2.37. The molecule has 1 atom stereocenters. The van der Waals surface area contributed by atoms with Crippen LogP contribution in [0.25, 0.3) is 0 Å². The van der Waals surface area contributed by atoms with Gasteiger partial charge in [0.05, 0.1) is 17.1 Å². The van der Waals surface area contributed by atoms with Gasteiger partial charge in [-0.3, -0.25) is 10.1 Å². The van der Waals surface area contributed by atoms with E-state index in [1.807, 2.05) is 6.92 Å². The number of rotatable bonds is 7. The van der Waals surface area contributed by atoms with Crippen LogP contribution in [0.1, 0.15) is 33.1 Å². The molecule has 0 spiro atoms. The summed E-state index contributed by atoms with van der Waals surface area (Å²) in [7, 11) is 0. The first kappa shape index (κ1) is 15.6. The molecule has 1 unspecified atom stereocenters. The summed E-state index contributed by atoms with van der Waals surface area (Å²) in [5, 5.41) is 14.3. The van der Waals surface area contributed by atoms with E-state index in [0.29, 0.717) is 18.9 Å². The molecule has 2 rings (SSSR count). The quantitative estimate of drug-likeness (QED) is 0.616. The van der Waals surface area contributed by atoms with Gasteiger partial charge in [0.15, 0.2) is 5.75 Å². The van der Waals surface area contributed by atoms with Crippen LogP contribution in [0.4, 0.5) is 11.4 Å². The van der Waals surface area contributed by atoms with Crippen molar-refractivity contribution in [2.45, 2.75) is 38.7 Å².